The molecule has 0 unspecified atom stereocenters. The van der Waals surface area contributed by atoms with Gasteiger partial charge in [-0.1, -0.05) is 0 Å². The molecular formula is C13H21Cl2N3. The molecule has 2 fully saturated rings. The van der Waals surface area contributed by atoms with Crippen LogP contribution in [0.25, 0.3) is 0 Å². The fourth-order valence-corrected chi connectivity index (χ4v) is 3.02. The van der Waals surface area contributed by atoms with E-state index in [4.69, 9.17) is 0 Å². The van der Waals surface area contributed by atoms with E-state index in [0.717, 1.165) is 0 Å². The highest BCUT2D eigenvalue weighted by Crippen LogP contribution is 2.37. The molecule has 0 aromatic carbocycles. The first-order valence-corrected chi connectivity index (χ1v) is 6.24. The van der Waals surface area contributed by atoms with Gasteiger partial charge in [0.15, 0.2) is 0 Å². The molecule has 3 rings (SSSR count). The highest BCUT2D eigenvalue weighted by atomic mass is 35.5. The zero-order chi connectivity index (χ0) is 10.8. The molecule has 18 heavy (non-hydrogen) atoms. The van der Waals surface area contributed by atoms with Crippen molar-refractivity contribution in [1.29, 1.82) is 0 Å². The van der Waals surface area contributed by atoms with Crippen LogP contribution in [-0.4, -0.2) is 31.2 Å². The lowest BCUT2D eigenvalue weighted by Crippen LogP contribution is -2.41. The van der Waals surface area contributed by atoms with Crippen LogP contribution in [0.1, 0.15) is 19.3 Å². The van der Waals surface area contributed by atoms with Crippen molar-refractivity contribution in [3.8, 4) is 0 Å². The number of pyridine rings is 1. The van der Waals surface area contributed by atoms with Gasteiger partial charge in [0.25, 0.3) is 0 Å². The standard InChI is InChI=1S/C13H19N3.2ClH/c1-6-14-7-2-12(1)16-9-4-13(5-10-16)3-8-15-11-13;;/h1-2,6-7,15H,3-5,8-11H2;2*1H. The molecule has 0 bridgehead atoms. The van der Waals surface area contributed by atoms with E-state index in [2.05, 4.69) is 27.3 Å². The average molecular weight is 290 g/mol. The molecule has 1 aromatic heterocycles. The van der Waals surface area contributed by atoms with Gasteiger partial charge in [-0.05, 0) is 43.4 Å². The summed E-state index contributed by atoms with van der Waals surface area (Å²) in [6.45, 7) is 4.85. The van der Waals surface area contributed by atoms with Gasteiger partial charge in [-0.25, -0.2) is 0 Å². The minimum absolute atomic E-state index is 0. The Morgan fingerprint density at radius 1 is 1.06 bits per heavy atom. The van der Waals surface area contributed by atoms with Gasteiger partial charge >= 0.3 is 0 Å². The minimum atomic E-state index is 0. The van der Waals surface area contributed by atoms with Crippen LogP contribution < -0.4 is 10.2 Å². The summed E-state index contributed by atoms with van der Waals surface area (Å²) in [6.07, 6.45) is 7.81. The molecule has 2 aliphatic rings. The highest BCUT2D eigenvalue weighted by molar-refractivity contribution is 5.85. The first kappa shape index (κ1) is 15.5. The molecule has 3 nitrogen and oxygen atoms in total. The van der Waals surface area contributed by atoms with Gasteiger partial charge in [-0.3, -0.25) is 4.98 Å². The molecule has 102 valence electrons. The maximum atomic E-state index is 4.07. The summed E-state index contributed by atoms with van der Waals surface area (Å²) >= 11 is 0. The number of rotatable bonds is 1. The molecular weight excluding hydrogens is 269 g/mol. The molecule has 1 spiro atoms. The molecule has 2 aliphatic heterocycles. The van der Waals surface area contributed by atoms with Crippen LogP contribution in [-0.2, 0) is 0 Å². The summed E-state index contributed by atoms with van der Waals surface area (Å²) in [5.74, 6) is 0. The zero-order valence-corrected chi connectivity index (χ0v) is 12.1. The molecule has 0 radical (unpaired) electrons. The summed E-state index contributed by atoms with van der Waals surface area (Å²) in [6, 6.07) is 4.23. The van der Waals surface area contributed by atoms with Gasteiger partial charge in [0.1, 0.15) is 0 Å². The molecule has 1 aromatic rings. The summed E-state index contributed by atoms with van der Waals surface area (Å²) in [4.78, 5) is 6.57. The summed E-state index contributed by atoms with van der Waals surface area (Å²) in [7, 11) is 0. The fourth-order valence-electron chi connectivity index (χ4n) is 3.02. The Morgan fingerprint density at radius 3 is 2.28 bits per heavy atom. The Balaban J connectivity index is 0.000000810. The van der Waals surface area contributed by atoms with Gasteiger partial charge in [0.2, 0.25) is 0 Å². The molecule has 2 saturated heterocycles. The number of nitrogens with zero attached hydrogens (tertiary/aromatic N) is 2. The van der Waals surface area contributed by atoms with Gasteiger partial charge in [-0.15, -0.1) is 24.8 Å². The number of hydrogen-bond acceptors (Lipinski definition) is 3. The second kappa shape index (κ2) is 6.60. The van der Waals surface area contributed by atoms with Crippen LogP contribution in [0.5, 0.6) is 0 Å². The maximum absolute atomic E-state index is 4.07. The van der Waals surface area contributed by atoms with E-state index < -0.39 is 0 Å². The maximum Gasteiger partial charge on any atom is 0.0397 e. The number of anilines is 1. The van der Waals surface area contributed by atoms with E-state index in [1.54, 1.807) is 0 Å². The summed E-state index contributed by atoms with van der Waals surface area (Å²) in [5, 5.41) is 3.51. The Hall–Kier alpha value is -0.510. The van der Waals surface area contributed by atoms with Crippen molar-refractivity contribution in [2.45, 2.75) is 19.3 Å². The molecule has 3 heterocycles. The number of piperidine rings is 1. The molecule has 0 saturated carbocycles. The molecule has 5 heteroatoms. The van der Waals surface area contributed by atoms with Crippen molar-refractivity contribution in [3.63, 3.8) is 0 Å². The van der Waals surface area contributed by atoms with Crippen molar-refractivity contribution in [2.75, 3.05) is 31.1 Å². The first-order valence-electron chi connectivity index (χ1n) is 6.24. The van der Waals surface area contributed by atoms with Crippen LogP contribution in [0.15, 0.2) is 24.5 Å². The average Bonchev–Trinajstić information content (AvgIpc) is 2.80. The molecule has 0 atom stereocenters. The van der Waals surface area contributed by atoms with E-state index in [1.165, 1.54) is 51.1 Å². The van der Waals surface area contributed by atoms with Crippen LogP contribution in [0.2, 0.25) is 0 Å². The predicted octanol–water partition coefficient (Wildman–Crippen LogP) is 2.51. The number of hydrogen-bond donors (Lipinski definition) is 1. The second-order valence-corrected chi connectivity index (χ2v) is 5.12. The third kappa shape index (κ3) is 3.08. The smallest absolute Gasteiger partial charge is 0.0397 e. The van der Waals surface area contributed by atoms with E-state index in [0.29, 0.717) is 5.41 Å². The summed E-state index contributed by atoms with van der Waals surface area (Å²) < 4.78 is 0. The largest absolute Gasteiger partial charge is 0.371 e. The normalized spacial score (nSPS) is 21.2. The number of aromatic nitrogens is 1. The fraction of sp³-hybridized carbons (Fsp3) is 0.615. The highest BCUT2D eigenvalue weighted by Gasteiger charge is 2.36. The Kier molecular flexibility index (Phi) is 5.70. The lowest BCUT2D eigenvalue weighted by molar-refractivity contribution is 0.247. The van der Waals surface area contributed by atoms with E-state index in [9.17, 15) is 0 Å². The predicted molar refractivity (Wildman–Crippen MR) is 80.1 cm³/mol. The molecule has 1 N–H and O–H groups in total. The lowest BCUT2D eigenvalue weighted by atomic mass is 9.78. The van der Waals surface area contributed by atoms with Gasteiger partial charge < -0.3 is 10.2 Å². The SMILES string of the molecule is Cl.Cl.c1cc(N2CCC3(CCNC3)CC2)ccn1. The van der Waals surface area contributed by atoms with E-state index in [-0.39, 0.29) is 24.8 Å². The topological polar surface area (TPSA) is 28.2 Å². The van der Waals surface area contributed by atoms with Crippen LogP contribution in [0, 0.1) is 5.41 Å². The van der Waals surface area contributed by atoms with E-state index in [1.807, 2.05) is 12.4 Å². The van der Waals surface area contributed by atoms with Crippen LogP contribution in [0.4, 0.5) is 5.69 Å². The minimum Gasteiger partial charge on any atom is -0.371 e. The molecule has 0 amide bonds. The van der Waals surface area contributed by atoms with Crippen molar-refractivity contribution in [3.05, 3.63) is 24.5 Å². The number of nitrogens with one attached hydrogen (secondary N) is 1. The summed E-state index contributed by atoms with van der Waals surface area (Å²) in [5.41, 5.74) is 1.94. The van der Waals surface area contributed by atoms with Crippen molar-refractivity contribution >= 4 is 30.5 Å². The number of halogens is 2. The second-order valence-electron chi connectivity index (χ2n) is 5.12. The van der Waals surface area contributed by atoms with Gasteiger partial charge in [0, 0.05) is 37.7 Å². The van der Waals surface area contributed by atoms with Gasteiger partial charge in [0.05, 0.1) is 0 Å². The van der Waals surface area contributed by atoms with Crippen LogP contribution >= 0.6 is 24.8 Å². The van der Waals surface area contributed by atoms with E-state index >= 15 is 0 Å². The van der Waals surface area contributed by atoms with Crippen molar-refractivity contribution < 1.29 is 0 Å². The Bertz CT molecular complexity index is 343. The monoisotopic (exact) mass is 289 g/mol. The third-order valence-corrected chi connectivity index (χ3v) is 4.18. The Labute approximate surface area is 121 Å². The van der Waals surface area contributed by atoms with Crippen molar-refractivity contribution in [1.82, 2.24) is 10.3 Å². The van der Waals surface area contributed by atoms with Gasteiger partial charge in [-0.2, -0.15) is 0 Å². The Morgan fingerprint density at radius 2 is 1.72 bits per heavy atom. The van der Waals surface area contributed by atoms with Crippen molar-refractivity contribution in [2.24, 2.45) is 5.41 Å². The quantitative estimate of drug-likeness (QED) is 0.861. The lowest BCUT2D eigenvalue weighted by Gasteiger charge is -2.40. The molecule has 0 aliphatic carbocycles. The first-order chi connectivity index (χ1) is 7.88. The van der Waals surface area contributed by atoms with Crippen LogP contribution in [0.3, 0.4) is 0 Å². The zero-order valence-electron chi connectivity index (χ0n) is 10.5. The third-order valence-electron chi connectivity index (χ3n) is 4.18.